The van der Waals surface area contributed by atoms with E-state index in [0.29, 0.717) is 6.04 Å². The highest BCUT2D eigenvalue weighted by atomic mass is 32.1. The Hall–Kier alpha value is -0.420. The minimum Gasteiger partial charge on any atom is -0.378 e. The molecule has 2 heterocycles. The molecule has 1 aromatic rings. The topological polar surface area (TPSA) is 24.5 Å². The SMILES string of the molecule is CCC1COCCN1CCNCc1ccc(C)s1. The first-order chi connectivity index (χ1) is 8.79. The van der Waals surface area contributed by atoms with Gasteiger partial charge in [0.05, 0.1) is 13.2 Å². The first-order valence-corrected chi connectivity index (χ1v) is 7.69. The number of rotatable bonds is 6. The normalized spacial score (nSPS) is 21.3. The number of thiophene rings is 1. The van der Waals surface area contributed by atoms with Gasteiger partial charge < -0.3 is 10.1 Å². The van der Waals surface area contributed by atoms with Crippen molar-refractivity contribution in [1.82, 2.24) is 10.2 Å². The van der Waals surface area contributed by atoms with Crippen molar-refractivity contribution in [1.29, 1.82) is 0 Å². The van der Waals surface area contributed by atoms with Crippen LogP contribution in [0.15, 0.2) is 12.1 Å². The lowest BCUT2D eigenvalue weighted by Gasteiger charge is -2.35. The number of aryl methyl sites for hydroxylation is 1. The van der Waals surface area contributed by atoms with Crippen molar-refractivity contribution in [2.45, 2.75) is 32.9 Å². The van der Waals surface area contributed by atoms with E-state index in [-0.39, 0.29) is 0 Å². The van der Waals surface area contributed by atoms with E-state index in [1.165, 1.54) is 16.2 Å². The number of morpholine rings is 1. The van der Waals surface area contributed by atoms with Crippen molar-refractivity contribution in [2.75, 3.05) is 32.8 Å². The van der Waals surface area contributed by atoms with Crippen LogP contribution in [0.1, 0.15) is 23.1 Å². The summed E-state index contributed by atoms with van der Waals surface area (Å²) in [6.07, 6.45) is 1.18. The van der Waals surface area contributed by atoms with Crippen LogP contribution in [-0.2, 0) is 11.3 Å². The number of hydrogen-bond donors (Lipinski definition) is 1. The van der Waals surface area contributed by atoms with Gasteiger partial charge in [0, 0.05) is 42.0 Å². The summed E-state index contributed by atoms with van der Waals surface area (Å²) in [6, 6.07) is 5.03. The van der Waals surface area contributed by atoms with E-state index >= 15 is 0 Å². The van der Waals surface area contributed by atoms with Gasteiger partial charge in [0.15, 0.2) is 0 Å². The van der Waals surface area contributed by atoms with Gasteiger partial charge in [-0.05, 0) is 25.5 Å². The van der Waals surface area contributed by atoms with E-state index in [9.17, 15) is 0 Å². The standard InChI is InChI=1S/C14H24N2OS/c1-3-13-11-17-9-8-16(13)7-6-15-10-14-5-4-12(2)18-14/h4-5,13,15H,3,6-11H2,1-2H3. The second kappa shape index (κ2) is 7.24. The zero-order valence-corrected chi connectivity index (χ0v) is 12.3. The molecule has 0 aromatic carbocycles. The van der Waals surface area contributed by atoms with Gasteiger partial charge in [-0.25, -0.2) is 0 Å². The molecular formula is C14H24N2OS. The molecule has 1 aromatic heterocycles. The lowest BCUT2D eigenvalue weighted by atomic mass is 10.2. The van der Waals surface area contributed by atoms with Crippen molar-refractivity contribution in [3.8, 4) is 0 Å². The van der Waals surface area contributed by atoms with Crippen molar-refractivity contribution in [2.24, 2.45) is 0 Å². The summed E-state index contributed by atoms with van der Waals surface area (Å²) < 4.78 is 5.52. The molecule has 1 aliphatic heterocycles. The van der Waals surface area contributed by atoms with Gasteiger partial charge in [-0.15, -0.1) is 11.3 Å². The highest BCUT2D eigenvalue weighted by Crippen LogP contribution is 2.14. The van der Waals surface area contributed by atoms with Gasteiger partial charge in [0.1, 0.15) is 0 Å². The van der Waals surface area contributed by atoms with Crippen LogP contribution in [0.4, 0.5) is 0 Å². The fourth-order valence-corrected chi connectivity index (χ4v) is 3.23. The lowest BCUT2D eigenvalue weighted by Crippen LogP contribution is -2.47. The minimum atomic E-state index is 0.615. The number of nitrogens with zero attached hydrogens (tertiary/aromatic N) is 1. The van der Waals surface area contributed by atoms with E-state index in [0.717, 1.165) is 39.4 Å². The van der Waals surface area contributed by atoms with Crippen molar-refractivity contribution >= 4 is 11.3 Å². The molecule has 0 saturated carbocycles. The summed E-state index contributed by atoms with van der Waals surface area (Å²) in [4.78, 5) is 5.38. The number of hydrogen-bond acceptors (Lipinski definition) is 4. The van der Waals surface area contributed by atoms with Crippen LogP contribution in [0, 0.1) is 6.92 Å². The monoisotopic (exact) mass is 268 g/mol. The van der Waals surface area contributed by atoms with Crippen LogP contribution in [0.25, 0.3) is 0 Å². The maximum atomic E-state index is 5.52. The molecular weight excluding hydrogens is 244 g/mol. The molecule has 0 aliphatic carbocycles. The Bertz CT molecular complexity index is 353. The summed E-state index contributed by atoms with van der Waals surface area (Å²) in [5.41, 5.74) is 0. The highest BCUT2D eigenvalue weighted by Gasteiger charge is 2.20. The molecule has 2 rings (SSSR count). The lowest BCUT2D eigenvalue weighted by molar-refractivity contribution is -0.00785. The average Bonchev–Trinajstić information content (AvgIpc) is 2.81. The molecule has 0 radical (unpaired) electrons. The molecule has 0 amide bonds. The Morgan fingerprint density at radius 3 is 3.11 bits per heavy atom. The molecule has 0 spiro atoms. The maximum absolute atomic E-state index is 5.52. The Morgan fingerprint density at radius 2 is 2.39 bits per heavy atom. The third-order valence-corrected chi connectivity index (χ3v) is 4.49. The fraction of sp³-hybridized carbons (Fsp3) is 0.714. The van der Waals surface area contributed by atoms with Gasteiger partial charge in [0.2, 0.25) is 0 Å². The van der Waals surface area contributed by atoms with Crippen LogP contribution in [0.5, 0.6) is 0 Å². The second-order valence-electron chi connectivity index (χ2n) is 4.86. The van der Waals surface area contributed by atoms with E-state index in [2.05, 4.69) is 36.2 Å². The van der Waals surface area contributed by atoms with Crippen molar-refractivity contribution in [3.63, 3.8) is 0 Å². The molecule has 18 heavy (non-hydrogen) atoms. The highest BCUT2D eigenvalue weighted by molar-refractivity contribution is 7.11. The van der Waals surface area contributed by atoms with Crippen LogP contribution in [-0.4, -0.2) is 43.8 Å². The van der Waals surface area contributed by atoms with Crippen molar-refractivity contribution < 1.29 is 4.74 Å². The Labute approximate surface area is 114 Å². The van der Waals surface area contributed by atoms with Gasteiger partial charge in [-0.2, -0.15) is 0 Å². The predicted octanol–water partition coefficient (Wildman–Crippen LogP) is 2.26. The van der Waals surface area contributed by atoms with Crippen LogP contribution in [0.2, 0.25) is 0 Å². The molecule has 1 N–H and O–H groups in total. The number of ether oxygens (including phenoxy) is 1. The van der Waals surface area contributed by atoms with Gasteiger partial charge in [-0.3, -0.25) is 4.90 Å². The van der Waals surface area contributed by atoms with E-state index in [4.69, 9.17) is 4.74 Å². The molecule has 4 heteroatoms. The third kappa shape index (κ3) is 4.05. The molecule has 1 fully saturated rings. The molecule has 0 bridgehead atoms. The number of nitrogens with one attached hydrogen (secondary N) is 1. The first-order valence-electron chi connectivity index (χ1n) is 6.87. The minimum absolute atomic E-state index is 0.615. The molecule has 1 saturated heterocycles. The van der Waals surface area contributed by atoms with Crippen LogP contribution < -0.4 is 5.32 Å². The summed E-state index contributed by atoms with van der Waals surface area (Å²) in [5, 5.41) is 3.53. The van der Waals surface area contributed by atoms with Crippen LogP contribution >= 0.6 is 11.3 Å². The second-order valence-corrected chi connectivity index (χ2v) is 6.23. The summed E-state index contributed by atoms with van der Waals surface area (Å²) in [6.45, 7) is 10.5. The average molecular weight is 268 g/mol. The third-order valence-electron chi connectivity index (χ3n) is 3.49. The molecule has 102 valence electrons. The molecule has 1 unspecified atom stereocenters. The summed E-state index contributed by atoms with van der Waals surface area (Å²) >= 11 is 1.88. The Kier molecular flexibility index (Phi) is 5.63. The van der Waals surface area contributed by atoms with E-state index in [1.54, 1.807) is 0 Å². The predicted molar refractivity (Wildman–Crippen MR) is 77.2 cm³/mol. The van der Waals surface area contributed by atoms with E-state index in [1.807, 2.05) is 11.3 Å². The maximum Gasteiger partial charge on any atom is 0.0622 e. The first kappa shape index (κ1) is 14.0. The zero-order valence-electron chi connectivity index (χ0n) is 11.4. The summed E-state index contributed by atoms with van der Waals surface area (Å²) in [5.74, 6) is 0. The molecule has 1 aliphatic rings. The fourth-order valence-electron chi connectivity index (χ4n) is 2.37. The largest absolute Gasteiger partial charge is 0.378 e. The van der Waals surface area contributed by atoms with Gasteiger partial charge in [0.25, 0.3) is 0 Å². The smallest absolute Gasteiger partial charge is 0.0622 e. The molecule has 1 atom stereocenters. The zero-order chi connectivity index (χ0) is 12.8. The summed E-state index contributed by atoms with van der Waals surface area (Å²) in [7, 11) is 0. The van der Waals surface area contributed by atoms with Gasteiger partial charge in [-0.1, -0.05) is 6.92 Å². The van der Waals surface area contributed by atoms with Crippen LogP contribution in [0.3, 0.4) is 0 Å². The van der Waals surface area contributed by atoms with Crippen molar-refractivity contribution in [3.05, 3.63) is 21.9 Å². The van der Waals surface area contributed by atoms with E-state index < -0.39 is 0 Å². The van der Waals surface area contributed by atoms with Gasteiger partial charge >= 0.3 is 0 Å². The molecule has 3 nitrogen and oxygen atoms in total. The Balaban J connectivity index is 1.65. The Morgan fingerprint density at radius 1 is 1.50 bits per heavy atom. The quantitative estimate of drug-likeness (QED) is 0.801.